The molecule has 0 amide bonds. The zero-order valence-electron chi connectivity index (χ0n) is 9.36. The zero-order valence-corrected chi connectivity index (χ0v) is 10.1. The number of alkyl halides is 1. The van der Waals surface area contributed by atoms with Gasteiger partial charge < -0.3 is 4.74 Å². The molecule has 0 aliphatic rings. The highest BCUT2D eigenvalue weighted by atomic mass is 35.5. The predicted molar refractivity (Wildman–Crippen MR) is 69.5 cm³/mol. The molecule has 3 heteroatoms. The van der Waals surface area contributed by atoms with Crippen LogP contribution in [-0.4, -0.2) is 11.8 Å². The van der Waals surface area contributed by atoms with E-state index in [9.17, 15) is 4.79 Å². The first-order chi connectivity index (χ1) is 8.29. The van der Waals surface area contributed by atoms with Crippen LogP contribution < -0.4 is 4.74 Å². The first-order valence-corrected chi connectivity index (χ1v) is 6.08. The van der Waals surface area contributed by atoms with Crippen molar-refractivity contribution >= 4 is 28.3 Å². The Hall–Kier alpha value is -1.54. The normalized spacial score (nSPS) is 10.4. The van der Waals surface area contributed by atoms with E-state index in [-0.39, 0.29) is 5.97 Å². The van der Waals surface area contributed by atoms with Crippen molar-refractivity contribution in [2.75, 3.05) is 5.88 Å². The number of esters is 1. The lowest BCUT2D eigenvalue weighted by molar-refractivity contribution is -0.134. The summed E-state index contributed by atoms with van der Waals surface area (Å²) in [4.78, 5) is 11.4. The van der Waals surface area contributed by atoms with Gasteiger partial charge in [-0.05, 0) is 29.3 Å². The Morgan fingerprint density at radius 3 is 2.65 bits per heavy atom. The van der Waals surface area contributed by atoms with Crippen molar-refractivity contribution in [2.24, 2.45) is 0 Å². The molecular weight excluding hydrogens is 236 g/mol. The van der Waals surface area contributed by atoms with E-state index in [2.05, 4.69) is 0 Å². The van der Waals surface area contributed by atoms with Gasteiger partial charge in [-0.25, -0.2) is 0 Å². The van der Waals surface area contributed by atoms with E-state index in [0.29, 0.717) is 24.5 Å². The second-order valence-corrected chi connectivity index (χ2v) is 4.15. The third kappa shape index (κ3) is 3.21. The molecule has 2 aromatic carbocycles. The van der Waals surface area contributed by atoms with Gasteiger partial charge in [-0.15, -0.1) is 11.6 Å². The first kappa shape index (κ1) is 11.9. The summed E-state index contributed by atoms with van der Waals surface area (Å²) in [7, 11) is 0. The van der Waals surface area contributed by atoms with Crippen LogP contribution in [0.5, 0.6) is 5.75 Å². The molecule has 0 saturated carbocycles. The lowest BCUT2D eigenvalue weighted by Crippen LogP contribution is -2.07. The van der Waals surface area contributed by atoms with Crippen LogP contribution in [0.4, 0.5) is 0 Å². The number of hydrogen-bond donors (Lipinski definition) is 0. The monoisotopic (exact) mass is 248 g/mol. The maximum atomic E-state index is 11.4. The van der Waals surface area contributed by atoms with Gasteiger partial charge in [-0.2, -0.15) is 0 Å². The lowest BCUT2D eigenvalue weighted by atomic mass is 10.1. The standard InChI is InChI=1S/C14H13ClO2/c15-9-3-6-14(16)17-13-8-7-11-4-1-2-5-12(11)10-13/h1-2,4-5,7-8,10H,3,6,9H2. The summed E-state index contributed by atoms with van der Waals surface area (Å²) in [6.45, 7) is 0. The third-order valence-corrected chi connectivity index (χ3v) is 2.73. The second kappa shape index (κ2) is 5.69. The number of ether oxygens (including phenoxy) is 1. The molecule has 0 aliphatic carbocycles. The molecule has 0 atom stereocenters. The SMILES string of the molecule is O=C(CCCCl)Oc1ccc2ccccc2c1. The minimum Gasteiger partial charge on any atom is -0.427 e. The quantitative estimate of drug-likeness (QED) is 0.468. The second-order valence-electron chi connectivity index (χ2n) is 3.78. The van der Waals surface area contributed by atoms with Gasteiger partial charge in [-0.3, -0.25) is 4.79 Å². The van der Waals surface area contributed by atoms with Crippen molar-refractivity contribution < 1.29 is 9.53 Å². The van der Waals surface area contributed by atoms with Crippen LogP contribution in [0.15, 0.2) is 42.5 Å². The highest BCUT2D eigenvalue weighted by Gasteiger charge is 2.04. The zero-order chi connectivity index (χ0) is 12.1. The molecule has 0 heterocycles. The third-order valence-electron chi connectivity index (χ3n) is 2.47. The molecule has 0 fully saturated rings. The maximum Gasteiger partial charge on any atom is 0.311 e. The smallest absolute Gasteiger partial charge is 0.311 e. The van der Waals surface area contributed by atoms with Gasteiger partial charge in [0.1, 0.15) is 5.75 Å². The van der Waals surface area contributed by atoms with E-state index in [0.717, 1.165) is 10.8 Å². The molecule has 0 spiro atoms. The molecule has 0 radical (unpaired) electrons. The average molecular weight is 249 g/mol. The summed E-state index contributed by atoms with van der Waals surface area (Å²) in [6.07, 6.45) is 1.00. The summed E-state index contributed by atoms with van der Waals surface area (Å²) < 4.78 is 5.23. The van der Waals surface area contributed by atoms with E-state index >= 15 is 0 Å². The summed E-state index contributed by atoms with van der Waals surface area (Å²) >= 11 is 5.52. The minimum atomic E-state index is -0.235. The van der Waals surface area contributed by atoms with Crippen molar-refractivity contribution in [1.29, 1.82) is 0 Å². The molecule has 0 bridgehead atoms. The predicted octanol–water partition coefficient (Wildman–Crippen LogP) is 3.76. The highest BCUT2D eigenvalue weighted by Crippen LogP contribution is 2.20. The van der Waals surface area contributed by atoms with Gasteiger partial charge in [0.25, 0.3) is 0 Å². The fourth-order valence-corrected chi connectivity index (χ4v) is 1.76. The Kier molecular flexibility index (Phi) is 3.99. The van der Waals surface area contributed by atoms with Crippen molar-refractivity contribution in [1.82, 2.24) is 0 Å². The number of hydrogen-bond acceptors (Lipinski definition) is 2. The lowest BCUT2D eigenvalue weighted by Gasteiger charge is -2.05. The van der Waals surface area contributed by atoms with E-state index < -0.39 is 0 Å². The van der Waals surface area contributed by atoms with E-state index in [4.69, 9.17) is 16.3 Å². The number of carbonyl (C=O) groups is 1. The first-order valence-electron chi connectivity index (χ1n) is 5.55. The Bertz CT molecular complexity index is 522. The molecule has 0 unspecified atom stereocenters. The van der Waals surface area contributed by atoms with E-state index in [1.807, 2.05) is 36.4 Å². The molecule has 0 N–H and O–H groups in total. The topological polar surface area (TPSA) is 26.3 Å². The molecule has 2 rings (SSSR count). The van der Waals surface area contributed by atoms with Crippen LogP contribution in [0.3, 0.4) is 0 Å². The molecule has 0 aliphatic heterocycles. The van der Waals surface area contributed by atoms with Gasteiger partial charge in [0.15, 0.2) is 0 Å². The number of benzene rings is 2. The fourth-order valence-electron chi connectivity index (χ4n) is 1.62. The average Bonchev–Trinajstić information content (AvgIpc) is 2.36. The minimum absolute atomic E-state index is 0.235. The van der Waals surface area contributed by atoms with Crippen LogP contribution in [-0.2, 0) is 4.79 Å². The number of carbonyl (C=O) groups excluding carboxylic acids is 1. The van der Waals surface area contributed by atoms with E-state index in [1.165, 1.54) is 0 Å². The summed E-state index contributed by atoms with van der Waals surface area (Å²) in [5, 5.41) is 2.20. The molecule has 88 valence electrons. The van der Waals surface area contributed by atoms with Gasteiger partial charge >= 0.3 is 5.97 Å². The Morgan fingerprint density at radius 1 is 1.12 bits per heavy atom. The summed E-state index contributed by atoms with van der Waals surface area (Å²) in [5.74, 6) is 0.830. The maximum absolute atomic E-state index is 11.4. The molecular formula is C14H13ClO2. The van der Waals surface area contributed by atoms with Crippen LogP contribution in [0.25, 0.3) is 10.8 Å². The Labute approximate surface area is 105 Å². The van der Waals surface area contributed by atoms with Gasteiger partial charge in [0, 0.05) is 12.3 Å². The molecule has 2 aromatic rings. The van der Waals surface area contributed by atoms with Crippen LogP contribution >= 0.6 is 11.6 Å². The largest absolute Gasteiger partial charge is 0.427 e. The summed E-state index contributed by atoms with van der Waals surface area (Å²) in [6, 6.07) is 13.6. The van der Waals surface area contributed by atoms with Gasteiger partial charge in [-0.1, -0.05) is 30.3 Å². The number of fused-ring (bicyclic) bond motifs is 1. The summed E-state index contributed by atoms with van der Waals surface area (Å²) in [5.41, 5.74) is 0. The van der Waals surface area contributed by atoms with Crippen molar-refractivity contribution in [3.8, 4) is 5.75 Å². The van der Waals surface area contributed by atoms with Gasteiger partial charge in [0.2, 0.25) is 0 Å². The van der Waals surface area contributed by atoms with Crippen LogP contribution in [0, 0.1) is 0 Å². The van der Waals surface area contributed by atoms with Gasteiger partial charge in [0.05, 0.1) is 0 Å². The molecule has 17 heavy (non-hydrogen) atoms. The highest BCUT2D eigenvalue weighted by molar-refractivity contribution is 6.17. The number of halogens is 1. The Morgan fingerprint density at radius 2 is 1.88 bits per heavy atom. The van der Waals surface area contributed by atoms with E-state index in [1.54, 1.807) is 6.07 Å². The molecule has 0 aromatic heterocycles. The van der Waals surface area contributed by atoms with Crippen molar-refractivity contribution in [2.45, 2.75) is 12.8 Å². The van der Waals surface area contributed by atoms with Crippen molar-refractivity contribution in [3.63, 3.8) is 0 Å². The van der Waals surface area contributed by atoms with Crippen LogP contribution in [0.2, 0.25) is 0 Å². The fraction of sp³-hybridized carbons (Fsp3) is 0.214. The van der Waals surface area contributed by atoms with Crippen LogP contribution in [0.1, 0.15) is 12.8 Å². The molecule has 0 saturated heterocycles. The number of rotatable bonds is 4. The molecule has 2 nitrogen and oxygen atoms in total. The Balaban J connectivity index is 2.11. The van der Waals surface area contributed by atoms with Crippen molar-refractivity contribution in [3.05, 3.63) is 42.5 Å².